The van der Waals surface area contributed by atoms with Gasteiger partial charge in [-0.15, -0.1) is 0 Å². The minimum Gasteiger partial charge on any atom is -0.496 e. The van der Waals surface area contributed by atoms with Crippen LogP contribution in [0.25, 0.3) is 0 Å². The molecule has 0 aromatic heterocycles. The van der Waals surface area contributed by atoms with E-state index in [9.17, 15) is 15.2 Å². The molecular formula is C14H20N2O4. The maximum absolute atomic E-state index is 10.9. The number of benzene rings is 1. The first-order valence-electron chi connectivity index (χ1n) is 6.82. The summed E-state index contributed by atoms with van der Waals surface area (Å²) < 4.78 is 5.28. The van der Waals surface area contributed by atoms with Crippen molar-refractivity contribution >= 4 is 5.69 Å². The molecule has 0 saturated carbocycles. The highest BCUT2D eigenvalue weighted by Gasteiger charge is 2.23. The molecule has 1 atom stereocenters. The second-order valence-electron chi connectivity index (χ2n) is 5.06. The standard InChI is InChI=1S/C14H20N2O4/c1-20-14-6-5-12(16(18)19)8-11(14)9-15-7-3-2-4-13(15)10-17/h5-6,8,13,17H,2-4,7,9-10H2,1H3/t13-/m1/s1. The lowest BCUT2D eigenvalue weighted by molar-refractivity contribution is -0.385. The molecule has 1 N–H and O–H groups in total. The number of non-ortho nitro benzene ring substituents is 1. The predicted molar refractivity (Wildman–Crippen MR) is 74.8 cm³/mol. The van der Waals surface area contributed by atoms with Gasteiger partial charge in [-0.05, 0) is 25.5 Å². The fraction of sp³-hybridized carbons (Fsp3) is 0.571. The van der Waals surface area contributed by atoms with Crippen molar-refractivity contribution in [3.8, 4) is 5.75 Å². The van der Waals surface area contributed by atoms with E-state index in [0.717, 1.165) is 31.4 Å². The van der Waals surface area contributed by atoms with Gasteiger partial charge in [0.2, 0.25) is 0 Å². The van der Waals surface area contributed by atoms with Gasteiger partial charge >= 0.3 is 0 Å². The van der Waals surface area contributed by atoms with Crippen molar-refractivity contribution in [1.82, 2.24) is 4.90 Å². The van der Waals surface area contributed by atoms with E-state index in [4.69, 9.17) is 4.74 Å². The molecular weight excluding hydrogens is 260 g/mol. The second-order valence-corrected chi connectivity index (χ2v) is 5.06. The lowest BCUT2D eigenvalue weighted by atomic mass is 10.0. The zero-order valence-electron chi connectivity index (χ0n) is 11.6. The topological polar surface area (TPSA) is 75.8 Å². The molecule has 6 heteroatoms. The van der Waals surface area contributed by atoms with Gasteiger partial charge in [-0.25, -0.2) is 0 Å². The van der Waals surface area contributed by atoms with Crippen LogP contribution in [0.5, 0.6) is 5.75 Å². The maximum Gasteiger partial charge on any atom is 0.270 e. The zero-order chi connectivity index (χ0) is 14.5. The van der Waals surface area contributed by atoms with Gasteiger partial charge in [-0.1, -0.05) is 6.42 Å². The summed E-state index contributed by atoms with van der Waals surface area (Å²) in [5, 5.41) is 20.3. The molecule has 0 radical (unpaired) electrons. The van der Waals surface area contributed by atoms with Crippen molar-refractivity contribution in [3.63, 3.8) is 0 Å². The molecule has 1 heterocycles. The molecule has 1 saturated heterocycles. The summed E-state index contributed by atoms with van der Waals surface area (Å²) in [6.07, 6.45) is 3.18. The third-order valence-electron chi connectivity index (χ3n) is 3.81. The number of ether oxygens (including phenoxy) is 1. The summed E-state index contributed by atoms with van der Waals surface area (Å²) >= 11 is 0. The van der Waals surface area contributed by atoms with Crippen molar-refractivity contribution in [2.45, 2.75) is 31.8 Å². The fourth-order valence-corrected chi connectivity index (χ4v) is 2.70. The van der Waals surface area contributed by atoms with Crippen molar-refractivity contribution in [1.29, 1.82) is 0 Å². The summed E-state index contributed by atoms with van der Waals surface area (Å²) in [6, 6.07) is 4.77. The molecule has 20 heavy (non-hydrogen) atoms. The van der Waals surface area contributed by atoms with Gasteiger partial charge in [0.25, 0.3) is 5.69 Å². The van der Waals surface area contributed by atoms with E-state index in [2.05, 4.69) is 4.90 Å². The minimum atomic E-state index is -0.400. The molecule has 6 nitrogen and oxygen atoms in total. The Balaban J connectivity index is 2.21. The monoisotopic (exact) mass is 280 g/mol. The molecule has 0 spiro atoms. The first kappa shape index (κ1) is 14.7. The van der Waals surface area contributed by atoms with Crippen molar-refractivity contribution < 1.29 is 14.8 Å². The summed E-state index contributed by atoms with van der Waals surface area (Å²) in [4.78, 5) is 12.6. The second kappa shape index (κ2) is 6.67. The van der Waals surface area contributed by atoms with Crippen LogP contribution in [0.15, 0.2) is 18.2 Å². The third kappa shape index (κ3) is 3.26. The highest BCUT2D eigenvalue weighted by molar-refractivity contribution is 5.43. The predicted octanol–water partition coefficient (Wildman–Crippen LogP) is 1.95. The van der Waals surface area contributed by atoms with E-state index in [1.165, 1.54) is 6.07 Å². The van der Waals surface area contributed by atoms with Gasteiger partial charge in [0.15, 0.2) is 0 Å². The van der Waals surface area contributed by atoms with Crippen LogP contribution in [0.3, 0.4) is 0 Å². The van der Waals surface area contributed by atoms with Crippen LogP contribution in [-0.2, 0) is 6.54 Å². The average Bonchev–Trinajstić information content (AvgIpc) is 2.47. The maximum atomic E-state index is 10.9. The summed E-state index contributed by atoms with van der Waals surface area (Å²) in [6.45, 7) is 1.59. The molecule has 0 bridgehead atoms. The van der Waals surface area contributed by atoms with E-state index in [1.807, 2.05) is 0 Å². The molecule has 0 aliphatic carbocycles. The Hall–Kier alpha value is -1.66. The van der Waals surface area contributed by atoms with Gasteiger partial charge in [-0.2, -0.15) is 0 Å². The van der Waals surface area contributed by atoms with Crippen LogP contribution in [0.1, 0.15) is 24.8 Å². The Labute approximate surface area is 118 Å². The number of aliphatic hydroxyl groups excluding tert-OH is 1. The van der Waals surface area contributed by atoms with Crippen molar-refractivity contribution in [2.24, 2.45) is 0 Å². The minimum absolute atomic E-state index is 0.0679. The Bertz CT molecular complexity index is 478. The summed E-state index contributed by atoms with van der Waals surface area (Å²) in [5.41, 5.74) is 0.861. The van der Waals surface area contributed by atoms with E-state index in [-0.39, 0.29) is 18.3 Å². The SMILES string of the molecule is COc1ccc([N+](=O)[O-])cc1CN1CCCC[C@@H]1CO. The number of methoxy groups -OCH3 is 1. The number of piperidine rings is 1. The van der Waals surface area contributed by atoms with E-state index >= 15 is 0 Å². The Morgan fingerprint density at radius 2 is 2.30 bits per heavy atom. The molecule has 1 aliphatic heterocycles. The molecule has 1 aromatic carbocycles. The fourth-order valence-electron chi connectivity index (χ4n) is 2.70. The Morgan fingerprint density at radius 3 is 2.95 bits per heavy atom. The van der Waals surface area contributed by atoms with Crippen LogP contribution >= 0.6 is 0 Å². The molecule has 2 rings (SSSR count). The number of hydrogen-bond acceptors (Lipinski definition) is 5. The number of nitrogens with zero attached hydrogens (tertiary/aromatic N) is 2. The van der Waals surface area contributed by atoms with Gasteiger partial charge in [0, 0.05) is 30.3 Å². The lowest BCUT2D eigenvalue weighted by Gasteiger charge is -2.34. The molecule has 1 aromatic rings. The van der Waals surface area contributed by atoms with Gasteiger partial charge in [-0.3, -0.25) is 15.0 Å². The van der Waals surface area contributed by atoms with Crippen molar-refractivity contribution in [3.05, 3.63) is 33.9 Å². The van der Waals surface area contributed by atoms with E-state index in [0.29, 0.717) is 12.3 Å². The number of hydrogen-bond donors (Lipinski definition) is 1. The molecule has 0 amide bonds. The van der Waals surface area contributed by atoms with E-state index < -0.39 is 4.92 Å². The molecule has 1 fully saturated rings. The normalized spacial score (nSPS) is 19.8. The van der Waals surface area contributed by atoms with Gasteiger partial charge in [0.1, 0.15) is 5.75 Å². The highest BCUT2D eigenvalue weighted by Crippen LogP contribution is 2.27. The lowest BCUT2D eigenvalue weighted by Crippen LogP contribution is -2.41. The first-order chi connectivity index (χ1) is 9.65. The summed E-state index contributed by atoms with van der Waals surface area (Å²) in [5.74, 6) is 0.651. The number of likely N-dealkylation sites (tertiary alicyclic amines) is 1. The number of nitro benzene ring substituents is 1. The number of nitro groups is 1. The largest absolute Gasteiger partial charge is 0.496 e. The van der Waals surface area contributed by atoms with Gasteiger partial charge in [0.05, 0.1) is 18.6 Å². The summed E-state index contributed by atoms with van der Waals surface area (Å²) in [7, 11) is 1.56. The quantitative estimate of drug-likeness (QED) is 0.659. The first-order valence-corrected chi connectivity index (χ1v) is 6.82. The average molecular weight is 280 g/mol. The van der Waals surface area contributed by atoms with E-state index in [1.54, 1.807) is 19.2 Å². The Morgan fingerprint density at radius 1 is 1.50 bits per heavy atom. The number of rotatable bonds is 5. The van der Waals surface area contributed by atoms with Crippen LogP contribution in [-0.4, -0.2) is 41.2 Å². The third-order valence-corrected chi connectivity index (χ3v) is 3.81. The van der Waals surface area contributed by atoms with Crippen LogP contribution in [0, 0.1) is 10.1 Å². The Kier molecular flexibility index (Phi) is 4.92. The van der Waals surface area contributed by atoms with Crippen LogP contribution < -0.4 is 4.74 Å². The zero-order valence-corrected chi connectivity index (χ0v) is 11.6. The van der Waals surface area contributed by atoms with Crippen LogP contribution in [0.2, 0.25) is 0 Å². The molecule has 1 aliphatic rings. The highest BCUT2D eigenvalue weighted by atomic mass is 16.6. The van der Waals surface area contributed by atoms with Crippen LogP contribution in [0.4, 0.5) is 5.69 Å². The molecule has 0 unspecified atom stereocenters. The molecule has 110 valence electrons. The smallest absolute Gasteiger partial charge is 0.270 e. The van der Waals surface area contributed by atoms with Crippen molar-refractivity contribution in [2.75, 3.05) is 20.3 Å². The van der Waals surface area contributed by atoms with Gasteiger partial charge < -0.3 is 9.84 Å². The number of aliphatic hydroxyl groups is 1.